The Labute approximate surface area is 103 Å². The molecule has 0 aliphatic carbocycles. The van der Waals surface area contributed by atoms with E-state index in [0.717, 1.165) is 10.2 Å². The van der Waals surface area contributed by atoms with Gasteiger partial charge in [0, 0.05) is 19.9 Å². The Balaban J connectivity index is 2.43. The number of anilines is 2. The molecule has 0 saturated heterocycles. The number of rotatable bonds is 6. The Morgan fingerprint density at radius 2 is 2.38 bits per heavy atom. The van der Waals surface area contributed by atoms with E-state index < -0.39 is 6.10 Å². The number of nitrogens with two attached hydrogens (primary N) is 1. The van der Waals surface area contributed by atoms with Crippen molar-refractivity contribution in [3.8, 4) is 0 Å². The first-order chi connectivity index (χ1) is 7.65. The van der Waals surface area contributed by atoms with Crippen molar-refractivity contribution in [3.05, 3.63) is 16.9 Å². The number of aliphatic hydroxyl groups excluding tert-OH is 1. The number of hydrogen-bond acceptors (Lipinski definition) is 5. The molecule has 1 aromatic rings. The molecule has 1 unspecified atom stereocenters. The molecule has 90 valence electrons. The lowest BCUT2D eigenvalue weighted by Gasteiger charge is -2.13. The van der Waals surface area contributed by atoms with Gasteiger partial charge in [-0.05, 0) is 22.4 Å². The van der Waals surface area contributed by atoms with E-state index >= 15 is 0 Å². The third-order valence-electron chi connectivity index (χ3n) is 2.07. The van der Waals surface area contributed by atoms with Gasteiger partial charge in [-0.3, -0.25) is 4.98 Å². The van der Waals surface area contributed by atoms with Gasteiger partial charge in [0.05, 0.1) is 34.8 Å². The minimum atomic E-state index is -0.459. The molecular weight excluding hydrogens is 274 g/mol. The molecule has 0 aromatic carbocycles. The third kappa shape index (κ3) is 3.96. The van der Waals surface area contributed by atoms with Crippen molar-refractivity contribution in [2.24, 2.45) is 0 Å². The SMILES string of the molecule is COCC(O)CCNc1c(N)cncc1Br. The molecule has 0 radical (unpaired) electrons. The average molecular weight is 290 g/mol. The Hall–Kier alpha value is -0.850. The summed E-state index contributed by atoms with van der Waals surface area (Å²) in [4.78, 5) is 3.94. The Morgan fingerprint density at radius 3 is 3.00 bits per heavy atom. The lowest BCUT2D eigenvalue weighted by molar-refractivity contribution is 0.0615. The number of nitrogens with one attached hydrogen (secondary N) is 1. The first kappa shape index (κ1) is 13.2. The van der Waals surface area contributed by atoms with E-state index in [1.54, 1.807) is 19.5 Å². The molecule has 1 heterocycles. The smallest absolute Gasteiger partial charge is 0.0790 e. The minimum absolute atomic E-state index is 0.342. The van der Waals surface area contributed by atoms with E-state index in [1.165, 1.54) is 0 Å². The van der Waals surface area contributed by atoms with Gasteiger partial charge >= 0.3 is 0 Å². The van der Waals surface area contributed by atoms with Crippen molar-refractivity contribution in [2.75, 3.05) is 31.3 Å². The summed E-state index contributed by atoms with van der Waals surface area (Å²) in [7, 11) is 1.56. The van der Waals surface area contributed by atoms with Crippen molar-refractivity contribution in [1.29, 1.82) is 0 Å². The third-order valence-corrected chi connectivity index (χ3v) is 2.67. The van der Waals surface area contributed by atoms with Gasteiger partial charge < -0.3 is 20.9 Å². The molecule has 6 heteroatoms. The van der Waals surface area contributed by atoms with Crippen molar-refractivity contribution in [1.82, 2.24) is 4.98 Å². The molecule has 0 amide bonds. The molecule has 0 aliphatic heterocycles. The van der Waals surface area contributed by atoms with Crippen LogP contribution in [0.25, 0.3) is 0 Å². The Bertz CT molecular complexity index is 316. The monoisotopic (exact) mass is 289 g/mol. The van der Waals surface area contributed by atoms with Crippen molar-refractivity contribution >= 4 is 27.3 Å². The standard InChI is InChI=1S/C10H16BrN3O2/c1-16-6-7(15)2-3-14-10-8(11)4-13-5-9(10)12/h4-5,7,15H,2-3,6,12H2,1H3,(H,13,14). The number of nitrogens with zero attached hydrogens (tertiary/aromatic N) is 1. The van der Waals surface area contributed by atoms with Crippen LogP contribution < -0.4 is 11.1 Å². The molecule has 4 N–H and O–H groups in total. The summed E-state index contributed by atoms with van der Waals surface area (Å²) < 4.78 is 5.65. The van der Waals surface area contributed by atoms with E-state index in [9.17, 15) is 5.11 Å². The molecule has 0 fully saturated rings. The van der Waals surface area contributed by atoms with E-state index in [0.29, 0.717) is 25.3 Å². The molecule has 1 atom stereocenters. The fourth-order valence-corrected chi connectivity index (χ4v) is 1.76. The summed E-state index contributed by atoms with van der Waals surface area (Å²) in [5.41, 5.74) is 7.14. The van der Waals surface area contributed by atoms with Crippen LogP contribution in [0.4, 0.5) is 11.4 Å². The number of pyridine rings is 1. The van der Waals surface area contributed by atoms with Gasteiger partial charge in [-0.2, -0.15) is 0 Å². The first-order valence-corrected chi connectivity index (χ1v) is 5.74. The largest absolute Gasteiger partial charge is 0.396 e. The maximum absolute atomic E-state index is 9.45. The van der Waals surface area contributed by atoms with Crippen molar-refractivity contribution < 1.29 is 9.84 Å². The molecule has 0 spiro atoms. The average Bonchev–Trinajstić information content (AvgIpc) is 2.23. The predicted molar refractivity (Wildman–Crippen MR) is 67.3 cm³/mol. The van der Waals surface area contributed by atoms with Gasteiger partial charge in [0.1, 0.15) is 0 Å². The molecule has 0 aliphatic rings. The van der Waals surface area contributed by atoms with Gasteiger partial charge in [0.2, 0.25) is 0 Å². The second kappa shape index (κ2) is 6.67. The fourth-order valence-electron chi connectivity index (χ4n) is 1.28. The highest BCUT2D eigenvalue weighted by Gasteiger charge is 2.06. The van der Waals surface area contributed by atoms with Gasteiger partial charge in [0.25, 0.3) is 0 Å². The second-order valence-corrected chi connectivity index (χ2v) is 4.26. The van der Waals surface area contributed by atoms with E-state index in [-0.39, 0.29) is 0 Å². The van der Waals surface area contributed by atoms with E-state index in [1.807, 2.05) is 0 Å². The van der Waals surface area contributed by atoms with Gasteiger partial charge in [-0.1, -0.05) is 0 Å². The number of aliphatic hydroxyl groups is 1. The minimum Gasteiger partial charge on any atom is -0.396 e. The van der Waals surface area contributed by atoms with Crippen LogP contribution >= 0.6 is 15.9 Å². The summed E-state index contributed by atoms with van der Waals surface area (Å²) in [6.07, 6.45) is 3.39. The number of halogens is 1. The molecule has 16 heavy (non-hydrogen) atoms. The predicted octanol–water partition coefficient (Wildman–Crippen LogP) is 1.24. The number of aromatic nitrogens is 1. The lowest BCUT2D eigenvalue weighted by Crippen LogP contribution is -2.18. The highest BCUT2D eigenvalue weighted by molar-refractivity contribution is 9.10. The number of methoxy groups -OCH3 is 1. The van der Waals surface area contributed by atoms with Crippen LogP contribution in [0.3, 0.4) is 0 Å². The van der Waals surface area contributed by atoms with Crippen LogP contribution in [0.5, 0.6) is 0 Å². The lowest BCUT2D eigenvalue weighted by atomic mass is 10.2. The topological polar surface area (TPSA) is 80.4 Å². The van der Waals surface area contributed by atoms with Crippen molar-refractivity contribution in [3.63, 3.8) is 0 Å². The summed E-state index contributed by atoms with van der Waals surface area (Å²) in [6, 6.07) is 0. The molecule has 0 bridgehead atoms. The number of hydrogen-bond donors (Lipinski definition) is 3. The van der Waals surface area contributed by atoms with Gasteiger partial charge in [0.15, 0.2) is 0 Å². The van der Waals surface area contributed by atoms with Crippen LogP contribution in [-0.2, 0) is 4.74 Å². The Kier molecular flexibility index (Phi) is 5.51. The van der Waals surface area contributed by atoms with Crippen LogP contribution in [0, 0.1) is 0 Å². The molecular formula is C10H16BrN3O2. The zero-order valence-corrected chi connectivity index (χ0v) is 10.7. The molecule has 1 aromatic heterocycles. The summed E-state index contributed by atoms with van der Waals surface area (Å²) in [5.74, 6) is 0. The Morgan fingerprint density at radius 1 is 1.62 bits per heavy atom. The molecule has 0 saturated carbocycles. The second-order valence-electron chi connectivity index (χ2n) is 3.41. The van der Waals surface area contributed by atoms with Gasteiger partial charge in [-0.15, -0.1) is 0 Å². The highest BCUT2D eigenvalue weighted by Crippen LogP contribution is 2.26. The first-order valence-electron chi connectivity index (χ1n) is 4.95. The van der Waals surface area contributed by atoms with Crippen LogP contribution in [-0.4, -0.2) is 36.5 Å². The normalized spacial score (nSPS) is 12.4. The van der Waals surface area contributed by atoms with E-state index in [4.69, 9.17) is 10.5 Å². The van der Waals surface area contributed by atoms with Crippen LogP contribution in [0.2, 0.25) is 0 Å². The van der Waals surface area contributed by atoms with Crippen LogP contribution in [0.1, 0.15) is 6.42 Å². The van der Waals surface area contributed by atoms with Crippen LogP contribution in [0.15, 0.2) is 16.9 Å². The molecule has 1 rings (SSSR count). The quantitative estimate of drug-likeness (QED) is 0.734. The number of ether oxygens (including phenoxy) is 1. The summed E-state index contributed by atoms with van der Waals surface area (Å²) in [5, 5.41) is 12.6. The number of nitrogen functional groups attached to an aromatic ring is 1. The molecule has 5 nitrogen and oxygen atoms in total. The fraction of sp³-hybridized carbons (Fsp3) is 0.500. The van der Waals surface area contributed by atoms with Gasteiger partial charge in [-0.25, -0.2) is 0 Å². The highest BCUT2D eigenvalue weighted by atomic mass is 79.9. The van der Waals surface area contributed by atoms with Crippen molar-refractivity contribution in [2.45, 2.75) is 12.5 Å². The maximum atomic E-state index is 9.45. The summed E-state index contributed by atoms with van der Waals surface area (Å²) in [6.45, 7) is 0.964. The summed E-state index contributed by atoms with van der Waals surface area (Å²) >= 11 is 3.35. The zero-order chi connectivity index (χ0) is 12.0. The maximum Gasteiger partial charge on any atom is 0.0790 e. The zero-order valence-electron chi connectivity index (χ0n) is 9.11. The van der Waals surface area contributed by atoms with E-state index in [2.05, 4.69) is 26.2 Å².